The standard InChI is InChI=1S/C30H34F3N5S/c1-19-5-9-21(10-6-19)25-17-24-26(39-25)27(36-28(35-24)37-29(2,3)4)38-15-13-23(14-16-38)34-18-20-7-11-22(12-8-20)30(31,32)33/h5-12,17,23,34H,13-16,18H2,1-4H3,(H,35,36,37). The van der Waals surface area contributed by atoms with E-state index in [1.807, 2.05) is 0 Å². The van der Waals surface area contributed by atoms with Gasteiger partial charge in [-0.2, -0.15) is 18.2 Å². The second kappa shape index (κ2) is 10.8. The highest BCUT2D eigenvalue weighted by Gasteiger charge is 2.30. The number of alkyl halides is 3. The predicted octanol–water partition coefficient (Wildman–Crippen LogP) is 7.65. The molecule has 2 aromatic heterocycles. The third-order valence-corrected chi connectivity index (χ3v) is 8.02. The Morgan fingerprint density at radius 2 is 1.62 bits per heavy atom. The summed E-state index contributed by atoms with van der Waals surface area (Å²) < 4.78 is 39.6. The van der Waals surface area contributed by atoms with Gasteiger partial charge >= 0.3 is 6.18 Å². The number of aromatic nitrogens is 2. The van der Waals surface area contributed by atoms with Crippen LogP contribution in [0.2, 0.25) is 0 Å². The van der Waals surface area contributed by atoms with Gasteiger partial charge in [-0.25, -0.2) is 4.98 Å². The highest BCUT2D eigenvalue weighted by molar-refractivity contribution is 7.22. The Labute approximate surface area is 231 Å². The first-order valence-corrected chi connectivity index (χ1v) is 14.1. The van der Waals surface area contributed by atoms with Gasteiger partial charge in [-0.1, -0.05) is 42.0 Å². The van der Waals surface area contributed by atoms with Crippen molar-refractivity contribution in [3.05, 3.63) is 71.3 Å². The lowest BCUT2D eigenvalue weighted by atomic mass is 10.0. The van der Waals surface area contributed by atoms with Crippen LogP contribution in [0.1, 0.15) is 50.3 Å². The summed E-state index contributed by atoms with van der Waals surface area (Å²) in [4.78, 5) is 13.3. The van der Waals surface area contributed by atoms with E-state index < -0.39 is 11.7 Å². The molecule has 5 rings (SSSR count). The quantitative estimate of drug-likeness (QED) is 0.257. The summed E-state index contributed by atoms with van der Waals surface area (Å²) in [5.41, 5.74) is 3.40. The fourth-order valence-corrected chi connectivity index (χ4v) is 5.87. The maximum atomic E-state index is 12.8. The number of anilines is 2. The Morgan fingerprint density at radius 3 is 2.23 bits per heavy atom. The molecule has 9 heteroatoms. The molecule has 0 amide bonds. The minimum absolute atomic E-state index is 0.171. The molecule has 2 aromatic carbocycles. The molecule has 0 saturated carbocycles. The molecule has 0 atom stereocenters. The normalized spacial score (nSPS) is 15.2. The van der Waals surface area contributed by atoms with E-state index in [1.54, 1.807) is 23.5 Å². The first-order valence-electron chi connectivity index (χ1n) is 13.3. The smallest absolute Gasteiger partial charge is 0.355 e. The maximum absolute atomic E-state index is 12.8. The average Bonchev–Trinajstić information content (AvgIpc) is 3.31. The lowest BCUT2D eigenvalue weighted by molar-refractivity contribution is -0.137. The fourth-order valence-electron chi connectivity index (χ4n) is 4.75. The summed E-state index contributed by atoms with van der Waals surface area (Å²) in [7, 11) is 0. The van der Waals surface area contributed by atoms with E-state index >= 15 is 0 Å². The Bertz CT molecular complexity index is 1410. The summed E-state index contributed by atoms with van der Waals surface area (Å²) in [5, 5.41) is 6.97. The van der Waals surface area contributed by atoms with Gasteiger partial charge in [0, 0.05) is 36.1 Å². The molecule has 3 heterocycles. The number of benzene rings is 2. The zero-order valence-corrected chi connectivity index (χ0v) is 23.5. The molecule has 1 saturated heterocycles. The minimum Gasteiger partial charge on any atom is -0.355 e. The topological polar surface area (TPSA) is 53.1 Å². The summed E-state index contributed by atoms with van der Waals surface area (Å²) in [6.45, 7) is 10.6. The van der Waals surface area contributed by atoms with Crippen molar-refractivity contribution in [2.24, 2.45) is 0 Å². The molecule has 2 N–H and O–H groups in total. The van der Waals surface area contributed by atoms with Crippen LogP contribution in [-0.2, 0) is 12.7 Å². The van der Waals surface area contributed by atoms with Gasteiger partial charge < -0.3 is 15.5 Å². The molecule has 5 nitrogen and oxygen atoms in total. The lowest BCUT2D eigenvalue weighted by Crippen LogP contribution is -2.42. The van der Waals surface area contributed by atoms with Crippen LogP contribution in [0, 0.1) is 6.92 Å². The molecule has 0 bridgehead atoms. The van der Waals surface area contributed by atoms with Gasteiger partial charge in [0.05, 0.1) is 15.8 Å². The van der Waals surface area contributed by atoms with E-state index in [4.69, 9.17) is 9.97 Å². The van der Waals surface area contributed by atoms with Gasteiger partial charge in [0.1, 0.15) is 0 Å². The molecule has 206 valence electrons. The summed E-state index contributed by atoms with van der Waals surface area (Å²) >= 11 is 1.72. The molecular weight excluding hydrogens is 519 g/mol. The maximum Gasteiger partial charge on any atom is 0.416 e. The summed E-state index contributed by atoms with van der Waals surface area (Å²) in [6, 6.07) is 16.4. The van der Waals surface area contributed by atoms with Gasteiger partial charge in [0.25, 0.3) is 0 Å². The highest BCUT2D eigenvalue weighted by Crippen LogP contribution is 2.39. The molecule has 0 aliphatic carbocycles. The Morgan fingerprint density at radius 1 is 0.949 bits per heavy atom. The second-order valence-electron chi connectivity index (χ2n) is 11.3. The molecular formula is C30H34F3N5S. The Hall–Kier alpha value is -3.17. The van der Waals surface area contributed by atoms with Crippen molar-refractivity contribution in [2.45, 2.75) is 64.8 Å². The number of rotatable bonds is 6. The first kappa shape index (κ1) is 27.4. The number of aryl methyl sites for hydroxylation is 1. The summed E-state index contributed by atoms with van der Waals surface area (Å²) in [5.74, 6) is 1.58. The lowest BCUT2D eigenvalue weighted by Gasteiger charge is -2.34. The fraction of sp³-hybridized carbons (Fsp3) is 0.400. The van der Waals surface area contributed by atoms with E-state index in [0.717, 1.165) is 59.7 Å². The van der Waals surface area contributed by atoms with Crippen LogP contribution in [0.4, 0.5) is 24.9 Å². The van der Waals surface area contributed by atoms with Crippen molar-refractivity contribution in [1.29, 1.82) is 0 Å². The van der Waals surface area contributed by atoms with Crippen molar-refractivity contribution in [3.8, 4) is 10.4 Å². The first-order chi connectivity index (χ1) is 18.4. The number of halogens is 3. The number of hydrogen-bond donors (Lipinski definition) is 2. The van der Waals surface area contributed by atoms with Crippen molar-refractivity contribution < 1.29 is 13.2 Å². The molecule has 1 aliphatic heterocycles. The molecule has 1 fully saturated rings. The van der Waals surface area contributed by atoms with Crippen molar-refractivity contribution >= 4 is 33.3 Å². The van der Waals surface area contributed by atoms with Gasteiger partial charge in [0.15, 0.2) is 5.82 Å². The molecule has 39 heavy (non-hydrogen) atoms. The number of nitrogens with one attached hydrogen (secondary N) is 2. The van der Waals surface area contributed by atoms with Crippen molar-refractivity contribution in [2.75, 3.05) is 23.3 Å². The monoisotopic (exact) mass is 553 g/mol. The average molecular weight is 554 g/mol. The van der Waals surface area contributed by atoms with Crippen LogP contribution < -0.4 is 15.5 Å². The predicted molar refractivity (Wildman–Crippen MR) is 154 cm³/mol. The number of thiophene rings is 1. The molecule has 4 aromatic rings. The number of piperidine rings is 1. The van der Waals surface area contributed by atoms with Gasteiger partial charge in [0.2, 0.25) is 5.95 Å². The van der Waals surface area contributed by atoms with Crippen LogP contribution in [-0.4, -0.2) is 34.6 Å². The van der Waals surface area contributed by atoms with Crippen LogP contribution in [0.5, 0.6) is 0 Å². The third-order valence-electron chi connectivity index (χ3n) is 6.85. The van der Waals surface area contributed by atoms with E-state index in [1.165, 1.54) is 16.0 Å². The molecule has 0 unspecified atom stereocenters. The summed E-state index contributed by atoms with van der Waals surface area (Å²) in [6.07, 6.45) is -2.47. The minimum atomic E-state index is -4.31. The Kier molecular flexibility index (Phi) is 7.57. The van der Waals surface area contributed by atoms with Crippen LogP contribution in [0.25, 0.3) is 20.7 Å². The zero-order chi connectivity index (χ0) is 27.8. The molecule has 0 radical (unpaired) electrons. The number of hydrogen-bond acceptors (Lipinski definition) is 6. The van der Waals surface area contributed by atoms with E-state index in [-0.39, 0.29) is 5.54 Å². The Balaban J connectivity index is 1.32. The highest BCUT2D eigenvalue weighted by atomic mass is 32.1. The van der Waals surface area contributed by atoms with Gasteiger partial charge in [-0.15, -0.1) is 11.3 Å². The van der Waals surface area contributed by atoms with Crippen LogP contribution in [0.3, 0.4) is 0 Å². The van der Waals surface area contributed by atoms with Crippen LogP contribution in [0.15, 0.2) is 54.6 Å². The SMILES string of the molecule is Cc1ccc(-c2cc3nc(NC(C)(C)C)nc(N4CCC(NCc5ccc(C(F)(F)F)cc5)CC4)c3s2)cc1. The van der Waals surface area contributed by atoms with Crippen molar-refractivity contribution in [1.82, 2.24) is 15.3 Å². The van der Waals surface area contributed by atoms with E-state index in [2.05, 4.69) is 73.6 Å². The third kappa shape index (κ3) is 6.70. The zero-order valence-electron chi connectivity index (χ0n) is 22.7. The van der Waals surface area contributed by atoms with Gasteiger partial charge in [-0.3, -0.25) is 0 Å². The molecule has 0 spiro atoms. The number of fused-ring (bicyclic) bond motifs is 1. The van der Waals surface area contributed by atoms with E-state index in [0.29, 0.717) is 18.5 Å². The van der Waals surface area contributed by atoms with E-state index in [9.17, 15) is 13.2 Å². The second-order valence-corrected chi connectivity index (χ2v) is 12.3. The van der Waals surface area contributed by atoms with Crippen LogP contribution >= 0.6 is 11.3 Å². The largest absolute Gasteiger partial charge is 0.416 e. The molecule has 1 aliphatic rings. The van der Waals surface area contributed by atoms with Crippen molar-refractivity contribution in [3.63, 3.8) is 0 Å². The number of nitrogens with zero attached hydrogens (tertiary/aromatic N) is 3. The van der Waals surface area contributed by atoms with Gasteiger partial charge in [-0.05, 0) is 69.9 Å².